The van der Waals surface area contributed by atoms with Crippen LogP contribution in [0.2, 0.25) is 0 Å². The molecule has 0 aliphatic carbocycles. The van der Waals surface area contributed by atoms with Gasteiger partial charge in [-0.2, -0.15) is 0 Å². The van der Waals surface area contributed by atoms with E-state index < -0.39 is 5.97 Å². The summed E-state index contributed by atoms with van der Waals surface area (Å²) < 4.78 is 4.96. The number of ether oxygens (including phenoxy) is 1. The van der Waals surface area contributed by atoms with Crippen molar-refractivity contribution >= 4 is 11.8 Å². The monoisotopic (exact) mass is 218 g/mol. The first-order chi connectivity index (χ1) is 7.50. The summed E-state index contributed by atoms with van der Waals surface area (Å²) in [5, 5.41) is 0. The predicted octanol–water partition coefficient (Wildman–Crippen LogP) is 2.76. The van der Waals surface area contributed by atoms with E-state index in [2.05, 4.69) is 0 Å². The smallest absolute Gasteiger partial charge is 0.308 e. The molecule has 0 heterocycles. The Labute approximate surface area is 94.7 Å². The average molecular weight is 218 g/mol. The number of ketones is 1. The van der Waals surface area contributed by atoms with Gasteiger partial charge in [-0.15, -0.1) is 0 Å². The molecule has 84 valence electrons. The third-order valence-corrected chi connectivity index (χ3v) is 1.83. The lowest BCUT2D eigenvalue weighted by molar-refractivity contribution is -0.131. The van der Waals surface area contributed by atoms with Gasteiger partial charge in [-0.3, -0.25) is 9.59 Å². The lowest BCUT2D eigenvalue weighted by Gasteiger charge is -2.05. The number of esters is 1. The van der Waals surface area contributed by atoms with Gasteiger partial charge in [0.25, 0.3) is 0 Å². The first-order valence-electron chi connectivity index (χ1n) is 4.97. The fourth-order valence-corrected chi connectivity index (χ4v) is 1.25. The van der Waals surface area contributed by atoms with Gasteiger partial charge < -0.3 is 4.74 Å². The summed E-state index contributed by atoms with van der Waals surface area (Å²) in [6.07, 6.45) is 1.52. The van der Waals surface area contributed by atoms with Crippen molar-refractivity contribution in [3.63, 3.8) is 0 Å². The van der Waals surface area contributed by atoms with Crippen LogP contribution in [0.3, 0.4) is 0 Å². The van der Waals surface area contributed by atoms with E-state index in [9.17, 15) is 9.59 Å². The van der Waals surface area contributed by atoms with Crippen LogP contribution in [0, 0.1) is 0 Å². The van der Waals surface area contributed by atoms with E-state index in [1.165, 1.54) is 13.0 Å². The zero-order chi connectivity index (χ0) is 12.1. The Morgan fingerprint density at radius 3 is 2.31 bits per heavy atom. The van der Waals surface area contributed by atoms with Crippen LogP contribution >= 0.6 is 0 Å². The van der Waals surface area contributed by atoms with Crippen molar-refractivity contribution < 1.29 is 14.3 Å². The van der Waals surface area contributed by atoms with E-state index in [1.54, 1.807) is 24.3 Å². The normalized spacial score (nSPS) is 9.44. The van der Waals surface area contributed by atoms with Gasteiger partial charge in [-0.05, 0) is 32.1 Å². The number of hydrogen-bond acceptors (Lipinski definition) is 3. The van der Waals surface area contributed by atoms with Gasteiger partial charge in [0.1, 0.15) is 5.75 Å². The zero-order valence-electron chi connectivity index (χ0n) is 9.61. The summed E-state index contributed by atoms with van der Waals surface area (Å²) in [5.41, 5.74) is 1.31. The van der Waals surface area contributed by atoms with Gasteiger partial charge in [-0.1, -0.05) is 17.7 Å². The molecule has 0 amide bonds. The highest BCUT2D eigenvalue weighted by Gasteiger charge is 2.10. The molecule has 16 heavy (non-hydrogen) atoms. The first-order valence-corrected chi connectivity index (χ1v) is 4.97. The summed E-state index contributed by atoms with van der Waals surface area (Å²) in [5.74, 6) is -0.285. The van der Waals surface area contributed by atoms with Crippen molar-refractivity contribution in [3.8, 4) is 5.75 Å². The Bertz CT molecular complexity index is 440. The maximum absolute atomic E-state index is 11.8. The minimum absolute atomic E-state index is 0.156. The van der Waals surface area contributed by atoms with E-state index in [0.717, 1.165) is 5.57 Å². The number of carbonyl (C=O) groups excluding carboxylic acids is 2. The summed E-state index contributed by atoms with van der Waals surface area (Å²) in [6.45, 7) is 4.99. The molecule has 0 atom stereocenters. The van der Waals surface area contributed by atoms with E-state index in [4.69, 9.17) is 4.74 Å². The fraction of sp³-hybridized carbons (Fsp3) is 0.231. The van der Waals surface area contributed by atoms with Gasteiger partial charge in [0, 0.05) is 6.92 Å². The second kappa shape index (κ2) is 5.26. The Morgan fingerprint density at radius 1 is 1.12 bits per heavy atom. The molecule has 0 aliphatic rings. The maximum atomic E-state index is 11.8. The minimum Gasteiger partial charge on any atom is -0.426 e. The molecule has 0 bridgehead atoms. The van der Waals surface area contributed by atoms with Crippen LogP contribution in [0.1, 0.15) is 31.1 Å². The highest BCUT2D eigenvalue weighted by atomic mass is 16.5. The van der Waals surface area contributed by atoms with Gasteiger partial charge >= 0.3 is 5.97 Å². The molecule has 3 heteroatoms. The van der Waals surface area contributed by atoms with E-state index >= 15 is 0 Å². The number of para-hydroxylation sites is 1. The lowest BCUT2D eigenvalue weighted by atomic mass is 10.1. The molecule has 0 saturated carbocycles. The average Bonchev–Trinajstić information content (AvgIpc) is 2.16. The van der Waals surface area contributed by atoms with Crippen LogP contribution in [-0.4, -0.2) is 11.8 Å². The number of hydrogen-bond donors (Lipinski definition) is 0. The van der Waals surface area contributed by atoms with Gasteiger partial charge in [0.05, 0.1) is 5.56 Å². The molecular formula is C13H14O3. The Morgan fingerprint density at radius 2 is 1.75 bits per heavy atom. The number of benzene rings is 1. The standard InChI is InChI=1S/C13H14O3/c1-9(2)8-12(15)11-6-4-5-7-13(11)16-10(3)14/h4-8H,1-3H3. The molecule has 1 aromatic carbocycles. The molecule has 0 unspecified atom stereocenters. The predicted molar refractivity (Wildman–Crippen MR) is 61.5 cm³/mol. The fourth-order valence-electron chi connectivity index (χ4n) is 1.25. The van der Waals surface area contributed by atoms with Crippen LogP contribution in [0.5, 0.6) is 5.75 Å². The van der Waals surface area contributed by atoms with Crippen molar-refractivity contribution in [3.05, 3.63) is 41.5 Å². The third kappa shape index (κ3) is 3.35. The van der Waals surface area contributed by atoms with Crippen molar-refractivity contribution in [1.82, 2.24) is 0 Å². The first kappa shape index (κ1) is 12.2. The zero-order valence-corrected chi connectivity index (χ0v) is 9.61. The topological polar surface area (TPSA) is 43.4 Å². The van der Waals surface area contributed by atoms with Gasteiger partial charge in [0.2, 0.25) is 0 Å². The quantitative estimate of drug-likeness (QED) is 0.339. The van der Waals surface area contributed by atoms with Crippen molar-refractivity contribution in [2.45, 2.75) is 20.8 Å². The van der Waals surface area contributed by atoms with E-state index in [1.807, 2.05) is 13.8 Å². The lowest BCUT2D eigenvalue weighted by Crippen LogP contribution is -2.06. The van der Waals surface area contributed by atoms with Crippen LogP contribution in [0.15, 0.2) is 35.9 Å². The van der Waals surface area contributed by atoms with Crippen molar-refractivity contribution in [2.75, 3.05) is 0 Å². The highest BCUT2D eigenvalue weighted by molar-refractivity contribution is 6.07. The number of allylic oxidation sites excluding steroid dienone is 2. The molecule has 1 rings (SSSR count). The number of rotatable bonds is 3. The largest absolute Gasteiger partial charge is 0.426 e. The Balaban J connectivity index is 3.08. The highest BCUT2D eigenvalue weighted by Crippen LogP contribution is 2.19. The minimum atomic E-state index is -0.433. The summed E-state index contributed by atoms with van der Waals surface area (Å²) in [4.78, 5) is 22.7. The van der Waals surface area contributed by atoms with Crippen molar-refractivity contribution in [1.29, 1.82) is 0 Å². The second-order valence-corrected chi connectivity index (χ2v) is 3.68. The van der Waals surface area contributed by atoms with Crippen LogP contribution in [0.25, 0.3) is 0 Å². The summed E-state index contributed by atoms with van der Waals surface area (Å²) in [7, 11) is 0. The molecular weight excluding hydrogens is 204 g/mol. The molecule has 3 nitrogen and oxygen atoms in total. The number of carbonyl (C=O) groups is 2. The van der Waals surface area contributed by atoms with Gasteiger partial charge in [-0.25, -0.2) is 0 Å². The molecule has 0 N–H and O–H groups in total. The summed E-state index contributed by atoms with van der Waals surface area (Å²) in [6, 6.07) is 6.70. The molecule has 1 aromatic rings. The molecule has 0 fully saturated rings. The molecule has 0 aliphatic heterocycles. The van der Waals surface area contributed by atoms with Crippen molar-refractivity contribution in [2.24, 2.45) is 0 Å². The molecule has 0 saturated heterocycles. The third-order valence-electron chi connectivity index (χ3n) is 1.83. The van der Waals surface area contributed by atoms with Gasteiger partial charge in [0.15, 0.2) is 5.78 Å². The Hall–Kier alpha value is -1.90. The second-order valence-electron chi connectivity index (χ2n) is 3.68. The van der Waals surface area contributed by atoms with Crippen LogP contribution in [-0.2, 0) is 4.79 Å². The summed E-state index contributed by atoms with van der Waals surface area (Å²) >= 11 is 0. The van der Waals surface area contributed by atoms with E-state index in [0.29, 0.717) is 11.3 Å². The maximum Gasteiger partial charge on any atom is 0.308 e. The van der Waals surface area contributed by atoms with E-state index in [-0.39, 0.29) is 5.78 Å². The van der Waals surface area contributed by atoms with Crippen LogP contribution in [0.4, 0.5) is 0 Å². The van der Waals surface area contributed by atoms with Crippen LogP contribution < -0.4 is 4.74 Å². The molecule has 0 spiro atoms. The molecule has 0 aromatic heterocycles. The SMILES string of the molecule is CC(=O)Oc1ccccc1C(=O)C=C(C)C. The molecule has 0 radical (unpaired) electrons. The Kier molecular flexibility index (Phi) is 4.00.